The third kappa shape index (κ3) is 4.49. The Balaban J connectivity index is 2.28. The van der Waals surface area contributed by atoms with Crippen LogP contribution in [-0.4, -0.2) is 11.0 Å². The number of nitrogens with zero attached hydrogens (tertiary/aromatic N) is 1. The lowest BCUT2D eigenvalue weighted by atomic mass is 10.1. The zero-order valence-corrected chi connectivity index (χ0v) is 14.6. The average Bonchev–Trinajstić information content (AvgIpc) is 2.51. The summed E-state index contributed by atoms with van der Waals surface area (Å²) in [6.07, 6.45) is 1.40. The fourth-order valence-electron chi connectivity index (χ4n) is 1.71. The number of anilines is 1. The summed E-state index contributed by atoms with van der Waals surface area (Å²) in [5.41, 5.74) is 0.786. The molecular formula is C16H9BrCl2N2O2. The normalized spacial score (nSPS) is 11.0. The molecule has 2 rings (SSSR count). The second kappa shape index (κ2) is 7.51. The molecule has 2 N–H and O–H groups in total. The van der Waals surface area contributed by atoms with Crippen LogP contribution in [0.2, 0.25) is 10.0 Å². The first-order chi connectivity index (χ1) is 10.9. The summed E-state index contributed by atoms with van der Waals surface area (Å²) in [4.78, 5) is 12.2. The summed E-state index contributed by atoms with van der Waals surface area (Å²) in [6, 6.07) is 11.1. The molecule has 7 heteroatoms. The quantitative estimate of drug-likeness (QED) is 0.550. The molecule has 0 unspecified atom stereocenters. The predicted octanol–water partition coefficient (Wildman–Crippen LogP) is 5.01. The topological polar surface area (TPSA) is 73.1 Å². The average molecular weight is 412 g/mol. The number of carbonyl (C=O) groups excluding carboxylic acids is 1. The first-order valence-corrected chi connectivity index (χ1v) is 7.82. The van der Waals surface area contributed by atoms with E-state index in [9.17, 15) is 15.2 Å². The minimum atomic E-state index is -0.610. The van der Waals surface area contributed by atoms with E-state index in [0.717, 1.165) is 0 Å². The molecule has 0 aliphatic heterocycles. The summed E-state index contributed by atoms with van der Waals surface area (Å²) in [7, 11) is 0. The van der Waals surface area contributed by atoms with Gasteiger partial charge in [0.15, 0.2) is 0 Å². The monoisotopic (exact) mass is 410 g/mol. The van der Waals surface area contributed by atoms with E-state index in [2.05, 4.69) is 21.2 Å². The smallest absolute Gasteiger partial charge is 0.266 e. The maximum atomic E-state index is 12.2. The molecule has 0 bridgehead atoms. The SMILES string of the molecule is N#C/C(=C/c1ccc(O)c(Br)c1)C(=O)Nc1cc(Cl)ccc1Cl. The zero-order valence-electron chi connectivity index (χ0n) is 11.5. The van der Waals surface area contributed by atoms with Crippen molar-refractivity contribution in [3.63, 3.8) is 0 Å². The van der Waals surface area contributed by atoms with Gasteiger partial charge in [-0.2, -0.15) is 5.26 Å². The number of nitrogens with one attached hydrogen (secondary N) is 1. The Labute approximate surface area is 151 Å². The standard InChI is InChI=1S/C16H9BrCl2N2O2/c17-12-6-9(1-4-15(12)22)5-10(8-20)16(23)21-14-7-11(18)2-3-13(14)19/h1-7,22H,(H,21,23)/b10-5-. The van der Waals surface area contributed by atoms with E-state index in [0.29, 0.717) is 25.8 Å². The highest BCUT2D eigenvalue weighted by atomic mass is 79.9. The molecule has 0 aliphatic rings. The number of phenolic OH excluding ortho intramolecular Hbond substituents is 1. The van der Waals surface area contributed by atoms with Crippen LogP contribution in [0.5, 0.6) is 5.75 Å². The van der Waals surface area contributed by atoms with E-state index in [1.165, 1.54) is 18.2 Å². The number of aromatic hydroxyl groups is 1. The Morgan fingerprint density at radius 2 is 2.00 bits per heavy atom. The molecule has 0 saturated heterocycles. The van der Waals surface area contributed by atoms with Crippen molar-refractivity contribution in [2.45, 2.75) is 0 Å². The van der Waals surface area contributed by atoms with Gasteiger partial charge >= 0.3 is 0 Å². The summed E-state index contributed by atoms with van der Waals surface area (Å²) < 4.78 is 0.460. The number of benzene rings is 2. The third-order valence-corrected chi connectivity index (χ3v) is 4.02. The van der Waals surface area contributed by atoms with Gasteiger partial charge in [0.05, 0.1) is 15.2 Å². The van der Waals surface area contributed by atoms with Gasteiger partial charge in [0.25, 0.3) is 5.91 Å². The van der Waals surface area contributed by atoms with Crippen LogP contribution in [0.4, 0.5) is 5.69 Å². The van der Waals surface area contributed by atoms with Crippen molar-refractivity contribution in [1.29, 1.82) is 5.26 Å². The van der Waals surface area contributed by atoms with E-state index in [1.807, 2.05) is 6.07 Å². The summed E-state index contributed by atoms with van der Waals surface area (Å²) >= 11 is 15.0. The van der Waals surface area contributed by atoms with Crippen molar-refractivity contribution in [2.75, 3.05) is 5.32 Å². The van der Waals surface area contributed by atoms with Gasteiger partial charge < -0.3 is 10.4 Å². The van der Waals surface area contributed by atoms with Crippen LogP contribution in [0.15, 0.2) is 46.4 Å². The van der Waals surface area contributed by atoms with Gasteiger partial charge in [-0.1, -0.05) is 29.3 Å². The summed E-state index contributed by atoms with van der Waals surface area (Å²) in [5.74, 6) is -0.545. The van der Waals surface area contributed by atoms with Crippen LogP contribution < -0.4 is 5.32 Å². The predicted molar refractivity (Wildman–Crippen MR) is 94.5 cm³/mol. The zero-order chi connectivity index (χ0) is 17.0. The van der Waals surface area contributed by atoms with Crippen LogP contribution in [0.1, 0.15) is 5.56 Å². The van der Waals surface area contributed by atoms with Gasteiger partial charge in [0, 0.05) is 5.02 Å². The number of carbonyl (C=O) groups is 1. The lowest BCUT2D eigenvalue weighted by molar-refractivity contribution is -0.112. The molecule has 2 aromatic rings. The Morgan fingerprint density at radius 1 is 1.26 bits per heavy atom. The number of nitriles is 1. The highest BCUT2D eigenvalue weighted by molar-refractivity contribution is 9.10. The first kappa shape index (κ1) is 17.4. The lowest BCUT2D eigenvalue weighted by Gasteiger charge is -2.07. The van der Waals surface area contributed by atoms with E-state index in [4.69, 9.17) is 23.2 Å². The maximum Gasteiger partial charge on any atom is 0.266 e. The molecule has 2 aromatic carbocycles. The Bertz CT molecular complexity index is 844. The molecular weight excluding hydrogens is 403 g/mol. The van der Waals surface area contributed by atoms with Crippen molar-refractivity contribution in [3.05, 3.63) is 62.1 Å². The minimum Gasteiger partial charge on any atom is -0.507 e. The highest BCUT2D eigenvalue weighted by Crippen LogP contribution is 2.27. The fraction of sp³-hybridized carbons (Fsp3) is 0. The molecule has 1 amide bonds. The Kier molecular flexibility index (Phi) is 5.67. The van der Waals surface area contributed by atoms with E-state index >= 15 is 0 Å². The van der Waals surface area contributed by atoms with Crippen LogP contribution >= 0.6 is 39.1 Å². The van der Waals surface area contributed by atoms with Crippen LogP contribution in [0.25, 0.3) is 6.08 Å². The van der Waals surface area contributed by atoms with Crippen LogP contribution in [0, 0.1) is 11.3 Å². The molecule has 0 spiro atoms. The van der Waals surface area contributed by atoms with Crippen molar-refractivity contribution in [2.24, 2.45) is 0 Å². The number of amides is 1. The molecule has 0 aliphatic carbocycles. The van der Waals surface area contributed by atoms with E-state index in [-0.39, 0.29) is 11.3 Å². The van der Waals surface area contributed by atoms with Crippen LogP contribution in [0.3, 0.4) is 0 Å². The highest BCUT2D eigenvalue weighted by Gasteiger charge is 2.12. The number of phenols is 1. The van der Waals surface area contributed by atoms with Crippen LogP contribution in [-0.2, 0) is 4.79 Å². The van der Waals surface area contributed by atoms with E-state index in [1.54, 1.807) is 24.3 Å². The fourth-order valence-corrected chi connectivity index (χ4v) is 2.44. The summed E-state index contributed by atoms with van der Waals surface area (Å²) in [6.45, 7) is 0. The number of halogens is 3. The Hall–Kier alpha value is -2.00. The van der Waals surface area contributed by atoms with Crippen molar-refractivity contribution < 1.29 is 9.90 Å². The molecule has 116 valence electrons. The molecule has 0 radical (unpaired) electrons. The molecule has 0 saturated carbocycles. The largest absolute Gasteiger partial charge is 0.507 e. The molecule has 0 aromatic heterocycles. The second-order valence-electron chi connectivity index (χ2n) is 4.46. The van der Waals surface area contributed by atoms with Gasteiger partial charge in [-0.05, 0) is 57.9 Å². The van der Waals surface area contributed by atoms with Gasteiger partial charge in [-0.25, -0.2) is 0 Å². The van der Waals surface area contributed by atoms with Gasteiger partial charge in [-0.15, -0.1) is 0 Å². The number of hydrogen-bond acceptors (Lipinski definition) is 3. The van der Waals surface area contributed by atoms with Crippen molar-refractivity contribution >= 4 is 56.8 Å². The number of rotatable bonds is 3. The third-order valence-electron chi connectivity index (χ3n) is 2.82. The molecule has 0 fully saturated rings. The minimum absolute atomic E-state index is 0.0656. The maximum absolute atomic E-state index is 12.2. The Morgan fingerprint density at radius 3 is 2.65 bits per heavy atom. The van der Waals surface area contributed by atoms with Crippen molar-refractivity contribution in [1.82, 2.24) is 0 Å². The van der Waals surface area contributed by atoms with Gasteiger partial charge in [0.1, 0.15) is 17.4 Å². The van der Waals surface area contributed by atoms with Gasteiger partial charge in [-0.3, -0.25) is 4.79 Å². The molecule has 0 heterocycles. The van der Waals surface area contributed by atoms with Crippen molar-refractivity contribution in [3.8, 4) is 11.8 Å². The number of hydrogen-bond donors (Lipinski definition) is 2. The molecule has 4 nitrogen and oxygen atoms in total. The summed E-state index contributed by atoms with van der Waals surface area (Å²) in [5, 5.41) is 21.9. The lowest BCUT2D eigenvalue weighted by Crippen LogP contribution is -2.13. The molecule has 0 atom stereocenters. The van der Waals surface area contributed by atoms with E-state index < -0.39 is 5.91 Å². The van der Waals surface area contributed by atoms with Gasteiger partial charge in [0.2, 0.25) is 0 Å². The first-order valence-electron chi connectivity index (χ1n) is 6.27. The second-order valence-corrected chi connectivity index (χ2v) is 6.16. The molecule has 23 heavy (non-hydrogen) atoms.